The molecule has 1 rings (SSSR count). The van der Waals surface area contributed by atoms with E-state index < -0.39 is 31.8 Å². The number of hydrogen-bond donors (Lipinski definition) is 0. The summed E-state index contributed by atoms with van der Waals surface area (Å²) in [6, 6.07) is 0. The van der Waals surface area contributed by atoms with Crippen LogP contribution >= 0.6 is 0 Å². The van der Waals surface area contributed by atoms with Gasteiger partial charge in [0.05, 0.1) is 12.4 Å². The minimum absolute atomic E-state index is 0.214. The van der Waals surface area contributed by atoms with Gasteiger partial charge in [0.25, 0.3) is 10.1 Å². The van der Waals surface area contributed by atoms with Gasteiger partial charge in [0.1, 0.15) is 0 Å². The van der Waals surface area contributed by atoms with Gasteiger partial charge in [-0.2, -0.15) is 16.8 Å². The van der Waals surface area contributed by atoms with Crippen LogP contribution in [0.25, 0.3) is 0 Å². The van der Waals surface area contributed by atoms with Crippen LogP contribution < -0.4 is 0 Å². The average Bonchev–Trinajstić information content (AvgIpc) is 2.72. The molecule has 0 aromatic carbocycles. The average molecular weight is 499 g/mol. The second-order valence-electron chi connectivity index (χ2n) is 9.27. The van der Waals surface area contributed by atoms with E-state index in [1.54, 1.807) is 0 Å². The quantitative estimate of drug-likeness (QED) is 0.216. The predicted octanol–water partition coefficient (Wildman–Crippen LogP) is 5.54. The molecule has 192 valence electrons. The van der Waals surface area contributed by atoms with Crippen molar-refractivity contribution in [3.05, 3.63) is 0 Å². The highest BCUT2D eigenvalue weighted by Gasteiger charge is 2.36. The number of hydrogen-bond acceptors (Lipinski definition) is 7. The topological polar surface area (TPSA) is 96.0 Å². The summed E-state index contributed by atoms with van der Waals surface area (Å²) in [6.45, 7) is 1.72. The van der Waals surface area contributed by atoms with Gasteiger partial charge >= 0.3 is 10.1 Å². The van der Waals surface area contributed by atoms with E-state index in [9.17, 15) is 16.8 Å². The summed E-state index contributed by atoms with van der Waals surface area (Å²) < 4.78 is 61.4. The van der Waals surface area contributed by atoms with E-state index in [1.807, 2.05) is 0 Å². The summed E-state index contributed by atoms with van der Waals surface area (Å²) in [4.78, 5) is 0. The zero-order valence-electron chi connectivity index (χ0n) is 20.4. The van der Waals surface area contributed by atoms with Crippen molar-refractivity contribution in [1.82, 2.24) is 0 Å². The summed E-state index contributed by atoms with van der Waals surface area (Å²) in [5, 5.41) is 0. The standard InChI is InChI=1S/C23H46O7S2/c1-21(28-2)23(32(26,27)30-31(3,24)25)29-20-16-11-9-7-5-4-6-8-10-13-17-22-18-14-12-15-19-22/h21-23H,4-20H2,1-3H3. The van der Waals surface area contributed by atoms with E-state index in [0.29, 0.717) is 12.7 Å². The third-order valence-electron chi connectivity index (χ3n) is 6.27. The first-order valence-electron chi connectivity index (χ1n) is 12.4. The first-order valence-corrected chi connectivity index (χ1v) is 15.7. The van der Waals surface area contributed by atoms with Crippen LogP contribution in [-0.4, -0.2) is 48.3 Å². The molecule has 2 unspecified atom stereocenters. The molecule has 0 heterocycles. The second kappa shape index (κ2) is 16.4. The van der Waals surface area contributed by atoms with Gasteiger partial charge < -0.3 is 9.47 Å². The number of methoxy groups -OCH3 is 1. The SMILES string of the molecule is COC(C)C(OCCCCCCCCCCCCC1CCCCC1)S(=O)(=O)OS(C)(=O)=O. The lowest BCUT2D eigenvalue weighted by atomic mass is 9.85. The monoisotopic (exact) mass is 498 g/mol. The first kappa shape index (κ1) is 29.8. The molecule has 1 fully saturated rings. The van der Waals surface area contributed by atoms with Gasteiger partial charge in [0.15, 0.2) is 0 Å². The Labute approximate surface area is 197 Å². The Morgan fingerprint density at radius 3 is 1.78 bits per heavy atom. The zero-order valence-corrected chi connectivity index (χ0v) is 22.1. The molecule has 0 N–H and O–H groups in total. The summed E-state index contributed by atoms with van der Waals surface area (Å²) in [5.41, 5.74) is -1.47. The first-order chi connectivity index (χ1) is 15.2. The Morgan fingerprint density at radius 2 is 1.28 bits per heavy atom. The van der Waals surface area contributed by atoms with Gasteiger partial charge in [-0.15, -0.1) is 3.63 Å². The van der Waals surface area contributed by atoms with Crippen LogP contribution in [0.1, 0.15) is 110 Å². The molecule has 0 aromatic heterocycles. The molecule has 0 bridgehead atoms. The maximum atomic E-state index is 12.2. The molecule has 0 spiro atoms. The van der Waals surface area contributed by atoms with Gasteiger partial charge in [-0.3, -0.25) is 0 Å². The zero-order chi connectivity index (χ0) is 23.9. The molecule has 9 heteroatoms. The Hall–Kier alpha value is -0.220. The maximum absolute atomic E-state index is 12.2. The van der Waals surface area contributed by atoms with E-state index in [1.165, 1.54) is 97.5 Å². The predicted molar refractivity (Wildman–Crippen MR) is 128 cm³/mol. The molecule has 1 saturated carbocycles. The van der Waals surface area contributed by atoms with Crippen molar-refractivity contribution in [3.63, 3.8) is 0 Å². The van der Waals surface area contributed by atoms with E-state index in [4.69, 9.17) is 9.47 Å². The van der Waals surface area contributed by atoms with Crippen molar-refractivity contribution in [2.45, 2.75) is 121 Å². The van der Waals surface area contributed by atoms with Crippen LogP contribution in [-0.2, 0) is 33.3 Å². The highest BCUT2D eigenvalue weighted by atomic mass is 32.3. The summed E-state index contributed by atoms with van der Waals surface area (Å²) >= 11 is 0. The molecule has 0 aromatic rings. The van der Waals surface area contributed by atoms with Gasteiger partial charge in [-0.1, -0.05) is 96.3 Å². The highest BCUT2D eigenvalue weighted by Crippen LogP contribution is 2.28. The van der Waals surface area contributed by atoms with Crippen LogP contribution in [0, 0.1) is 5.92 Å². The van der Waals surface area contributed by atoms with E-state index in [0.717, 1.165) is 18.8 Å². The van der Waals surface area contributed by atoms with E-state index >= 15 is 0 Å². The Bertz CT molecular complexity index is 670. The Kier molecular flexibility index (Phi) is 15.3. The molecular weight excluding hydrogens is 452 g/mol. The summed E-state index contributed by atoms with van der Waals surface area (Å²) in [7, 11) is -7.26. The second-order valence-corrected chi connectivity index (χ2v) is 12.7. The lowest BCUT2D eigenvalue weighted by Crippen LogP contribution is -2.38. The Balaban J connectivity index is 2.04. The van der Waals surface area contributed by atoms with Crippen molar-refractivity contribution >= 4 is 20.2 Å². The smallest absolute Gasteiger partial charge is 0.311 e. The van der Waals surface area contributed by atoms with Gasteiger partial charge in [-0.25, -0.2) is 0 Å². The normalized spacial score (nSPS) is 18.0. The van der Waals surface area contributed by atoms with Crippen LogP contribution in [0.2, 0.25) is 0 Å². The Morgan fingerprint density at radius 1 is 0.781 bits per heavy atom. The van der Waals surface area contributed by atoms with Crippen molar-refractivity contribution in [3.8, 4) is 0 Å². The third-order valence-corrected chi connectivity index (χ3v) is 9.11. The minimum atomic E-state index is -4.45. The molecule has 1 aliphatic carbocycles. The lowest BCUT2D eigenvalue weighted by molar-refractivity contribution is -0.0103. The molecule has 0 saturated heterocycles. The van der Waals surface area contributed by atoms with E-state index in [-0.39, 0.29) is 6.61 Å². The highest BCUT2D eigenvalue weighted by molar-refractivity contribution is 7.99. The fourth-order valence-electron chi connectivity index (χ4n) is 4.40. The molecule has 0 amide bonds. The molecule has 32 heavy (non-hydrogen) atoms. The van der Waals surface area contributed by atoms with Gasteiger partial charge in [-0.05, 0) is 19.3 Å². The van der Waals surface area contributed by atoms with E-state index in [2.05, 4.69) is 3.63 Å². The summed E-state index contributed by atoms with van der Waals surface area (Å²) in [6.07, 6.45) is 20.4. The van der Waals surface area contributed by atoms with Crippen LogP contribution in [0.3, 0.4) is 0 Å². The van der Waals surface area contributed by atoms with Crippen molar-refractivity contribution in [2.24, 2.45) is 5.92 Å². The molecule has 2 atom stereocenters. The number of unbranched alkanes of at least 4 members (excludes halogenated alkanes) is 9. The molecule has 7 nitrogen and oxygen atoms in total. The summed E-state index contributed by atoms with van der Waals surface area (Å²) in [5.74, 6) is 1.01. The lowest BCUT2D eigenvalue weighted by Gasteiger charge is -2.22. The minimum Gasteiger partial charge on any atom is -0.378 e. The molecule has 1 aliphatic rings. The van der Waals surface area contributed by atoms with Gasteiger partial charge in [0, 0.05) is 13.7 Å². The van der Waals surface area contributed by atoms with Gasteiger partial charge in [0.2, 0.25) is 5.44 Å². The van der Waals surface area contributed by atoms with Crippen LogP contribution in [0.4, 0.5) is 0 Å². The fraction of sp³-hybridized carbons (Fsp3) is 1.00. The largest absolute Gasteiger partial charge is 0.378 e. The molecule has 0 aliphatic heterocycles. The number of ether oxygens (including phenoxy) is 2. The van der Waals surface area contributed by atoms with Crippen molar-refractivity contribution in [2.75, 3.05) is 20.0 Å². The van der Waals surface area contributed by atoms with Crippen LogP contribution in [0.15, 0.2) is 0 Å². The number of rotatable bonds is 19. The molecule has 0 radical (unpaired) electrons. The molecular formula is C23H46O7S2. The van der Waals surface area contributed by atoms with Crippen LogP contribution in [0.5, 0.6) is 0 Å². The van der Waals surface area contributed by atoms with Crippen molar-refractivity contribution < 1.29 is 29.9 Å². The maximum Gasteiger partial charge on any atom is 0.311 e. The third kappa shape index (κ3) is 14.1. The fourth-order valence-corrected chi connectivity index (χ4v) is 6.93. The van der Waals surface area contributed by atoms with Crippen molar-refractivity contribution in [1.29, 1.82) is 0 Å².